The fourth-order valence-electron chi connectivity index (χ4n) is 1.25. The molecule has 0 saturated carbocycles. The Morgan fingerprint density at radius 3 is 2.86 bits per heavy atom. The summed E-state index contributed by atoms with van der Waals surface area (Å²) in [6, 6.07) is 6.94. The quantitative estimate of drug-likeness (QED) is 0.753. The molecule has 0 spiro atoms. The number of ether oxygens (including phenoxy) is 1. The van der Waals surface area contributed by atoms with Gasteiger partial charge >= 0.3 is 0 Å². The van der Waals surface area contributed by atoms with E-state index in [4.69, 9.17) is 4.74 Å². The van der Waals surface area contributed by atoms with E-state index in [0.717, 1.165) is 14.7 Å². The first-order valence-electron chi connectivity index (χ1n) is 4.01. The molecule has 1 aromatic carbocycles. The molecule has 0 aliphatic carbocycles. The van der Waals surface area contributed by atoms with Gasteiger partial charge in [0.05, 0.1) is 11.3 Å². The number of fused-ring (bicyclic) bond motifs is 1. The lowest BCUT2D eigenvalue weighted by Gasteiger charge is -2.01. The molecule has 2 aromatic rings. The van der Waals surface area contributed by atoms with Crippen LogP contribution in [0.5, 0.6) is 5.75 Å². The number of benzene rings is 1. The first-order valence-corrected chi connectivity index (χ1v) is 5.28. The minimum Gasteiger partial charge on any atom is -0.497 e. The van der Waals surface area contributed by atoms with Gasteiger partial charge in [0.2, 0.25) is 0 Å². The fraction of sp³-hybridized carbons (Fsp3) is 0.100. The van der Waals surface area contributed by atoms with Crippen molar-refractivity contribution in [3.8, 4) is 5.75 Å². The Morgan fingerprint density at radius 2 is 2.14 bits per heavy atom. The maximum atomic E-state index is 11.5. The van der Waals surface area contributed by atoms with E-state index in [1.165, 1.54) is 17.4 Å². The molecule has 72 valence electrons. The smallest absolute Gasteiger partial charge is 0.189 e. The number of hydrogen-bond donors (Lipinski definition) is 1. The standard InChI is InChI=1S/C10H8O2S2/c1-12-6-2-3-7-8(11)5-10(13)14-9(7)4-6/h2-5,13H,1H3. The lowest BCUT2D eigenvalue weighted by molar-refractivity contribution is 0.415. The van der Waals surface area contributed by atoms with Gasteiger partial charge in [-0.3, -0.25) is 4.79 Å². The largest absolute Gasteiger partial charge is 0.497 e. The topological polar surface area (TPSA) is 26.3 Å². The second-order valence-corrected chi connectivity index (χ2v) is 4.68. The summed E-state index contributed by atoms with van der Waals surface area (Å²) in [6.45, 7) is 0. The van der Waals surface area contributed by atoms with Gasteiger partial charge in [-0.15, -0.1) is 24.0 Å². The summed E-state index contributed by atoms with van der Waals surface area (Å²) in [5.74, 6) is 0.757. The van der Waals surface area contributed by atoms with E-state index in [0.29, 0.717) is 5.39 Å². The van der Waals surface area contributed by atoms with Crippen molar-refractivity contribution in [1.29, 1.82) is 0 Å². The molecule has 1 heterocycles. The predicted molar refractivity (Wildman–Crippen MR) is 61.9 cm³/mol. The predicted octanol–water partition coefficient (Wildman–Crippen LogP) is 2.56. The van der Waals surface area contributed by atoms with Crippen LogP contribution in [0.4, 0.5) is 0 Å². The highest BCUT2D eigenvalue weighted by Gasteiger charge is 2.01. The molecule has 14 heavy (non-hydrogen) atoms. The Labute approximate surface area is 90.6 Å². The van der Waals surface area contributed by atoms with Crippen LogP contribution in [0, 0.1) is 0 Å². The van der Waals surface area contributed by atoms with E-state index in [9.17, 15) is 4.79 Å². The van der Waals surface area contributed by atoms with Crippen LogP contribution >= 0.6 is 24.0 Å². The molecule has 0 atom stereocenters. The Hall–Kier alpha value is -1.00. The molecule has 0 aliphatic heterocycles. The summed E-state index contributed by atoms with van der Waals surface area (Å²) in [7, 11) is 1.61. The Bertz CT molecular complexity index is 531. The molecular formula is C10H8O2S2. The van der Waals surface area contributed by atoms with Gasteiger partial charge in [0.25, 0.3) is 0 Å². The van der Waals surface area contributed by atoms with E-state index in [-0.39, 0.29) is 5.43 Å². The third-order valence-corrected chi connectivity index (χ3v) is 3.21. The highest BCUT2D eigenvalue weighted by molar-refractivity contribution is 7.83. The fourth-order valence-corrected chi connectivity index (χ4v) is 2.51. The molecule has 0 radical (unpaired) electrons. The van der Waals surface area contributed by atoms with E-state index in [2.05, 4.69) is 12.6 Å². The van der Waals surface area contributed by atoms with E-state index < -0.39 is 0 Å². The Kier molecular flexibility index (Phi) is 2.48. The molecule has 2 rings (SSSR count). The summed E-state index contributed by atoms with van der Waals surface area (Å²) in [5, 5.41) is 0.716. The molecule has 0 saturated heterocycles. The minimum atomic E-state index is 0.00593. The maximum Gasteiger partial charge on any atom is 0.189 e. The van der Waals surface area contributed by atoms with Gasteiger partial charge in [-0.1, -0.05) is 0 Å². The lowest BCUT2D eigenvalue weighted by atomic mass is 10.2. The Morgan fingerprint density at radius 1 is 1.36 bits per heavy atom. The van der Waals surface area contributed by atoms with Gasteiger partial charge in [-0.25, -0.2) is 0 Å². The third kappa shape index (κ3) is 1.63. The van der Waals surface area contributed by atoms with Gasteiger partial charge in [-0.05, 0) is 18.2 Å². The van der Waals surface area contributed by atoms with Crippen molar-refractivity contribution in [2.45, 2.75) is 4.21 Å². The maximum absolute atomic E-state index is 11.5. The van der Waals surface area contributed by atoms with Crippen molar-refractivity contribution in [2.75, 3.05) is 7.11 Å². The molecule has 0 amide bonds. The van der Waals surface area contributed by atoms with Crippen LogP contribution in [-0.2, 0) is 0 Å². The number of rotatable bonds is 1. The monoisotopic (exact) mass is 224 g/mol. The van der Waals surface area contributed by atoms with Crippen LogP contribution in [0.1, 0.15) is 0 Å². The molecule has 0 N–H and O–H groups in total. The second-order valence-electron chi connectivity index (χ2n) is 2.81. The van der Waals surface area contributed by atoms with Crippen molar-refractivity contribution in [3.63, 3.8) is 0 Å². The summed E-state index contributed by atoms with van der Waals surface area (Å²) < 4.78 is 6.70. The van der Waals surface area contributed by atoms with Gasteiger partial charge in [-0.2, -0.15) is 0 Å². The van der Waals surface area contributed by atoms with Crippen molar-refractivity contribution in [1.82, 2.24) is 0 Å². The molecule has 0 aliphatic rings. The SMILES string of the molecule is COc1ccc2c(=O)cc(S)sc2c1. The highest BCUT2D eigenvalue weighted by Crippen LogP contribution is 2.25. The zero-order chi connectivity index (χ0) is 10.1. The number of hydrogen-bond acceptors (Lipinski definition) is 4. The van der Waals surface area contributed by atoms with Crippen LogP contribution in [0.25, 0.3) is 10.1 Å². The van der Waals surface area contributed by atoms with Crippen LogP contribution in [0.15, 0.2) is 33.3 Å². The number of methoxy groups -OCH3 is 1. The van der Waals surface area contributed by atoms with Crippen molar-refractivity contribution >= 4 is 34.1 Å². The van der Waals surface area contributed by atoms with Gasteiger partial charge in [0.1, 0.15) is 5.75 Å². The second kappa shape index (κ2) is 3.63. The van der Waals surface area contributed by atoms with E-state index in [1.54, 1.807) is 19.2 Å². The van der Waals surface area contributed by atoms with Crippen LogP contribution in [-0.4, -0.2) is 7.11 Å². The van der Waals surface area contributed by atoms with Crippen molar-refractivity contribution in [3.05, 3.63) is 34.5 Å². The zero-order valence-electron chi connectivity index (χ0n) is 7.48. The highest BCUT2D eigenvalue weighted by atomic mass is 32.2. The zero-order valence-corrected chi connectivity index (χ0v) is 9.19. The van der Waals surface area contributed by atoms with Gasteiger partial charge in [0.15, 0.2) is 5.43 Å². The molecule has 2 nitrogen and oxygen atoms in total. The van der Waals surface area contributed by atoms with Crippen LogP contribution in [0.3, 0.4) is 0 Å². The van der Waals surface area contributed by atoms with Crippen molar-refractivity contribution < 1.29 is 4.74 Å². The molecular weight excluding hydrogens is 216 g/mol. The number of thiol groups is 1. The Balaban J connectivity index is 2.82. The normalized spacial score (nSPS) is 10.4. The molecule has 4 heteroatoms. The lowest BCUT2D eigenvalue weighted by Crippen LogP contribution is -1.97. The average molecular weight is 224 g/mol. The first kappa shape index (κ1) is 9.55. The summed E-state index contributed by atoms with van der Waals surface area (Å²) in [5.41, 5.74) is 0.00593. The first-order chi connectivity index (χ1) is 6.70. The molecule has 0 bridgehead atoms. The molecule has 0 unspecified atom stereocenters. The molecule has 0 fully saturated rings. The van der Waals surface area contributed by atoms with Crippen LogP contribution < -0.4 is 10.2 Å². The van der Waals surface area contributed by atoms with E-state index >= 15 is 0 Å². The average Bonchev–Trinajstić information content (AvgIpc) is 2.16. The van der Waals surface area contributed by atoms with Gasteiger partial charge < -0.3 is 4.74 Å². The van der Waals surface area contributed by atoms with E-state index in [1.807, 2.05) is 6.07 Å². The summed E-state index contributed by atoms with van der Waals surface area (Å²) in [6.07, 6.45) is 0. The van der Waals surface area contributed by atoms with Crippen LogP contribution in [0.2, 0.25) is 0 Å². The minimum absolute atomic E-state index is 0.00593. The summed E-state index contributed by atoms with van der Waals surface area (Å²) in [4.78, 5) is 11.5. The summed E-state index contributed by atoms with van der Waals surface area (Å²) >= 11 is 5.64. The molecule has 1 aromatic heterocycles. The van der Waals surface area contributed by atoms with Gasteiger partial charge in [0, 0.05) is 16.2 Å². The third-order valence-electron chi connectivity index (χ3n) is 1.92. The van der Waals surface area contributed by atoms with Crippen molar-refractivity contribution in [2.24, 2.45) is 0 Å².